The summed E-state index contributed by atoms with van der Waals surface area (Å²) in [4.78, 5) is 0.609. The molecule has 0 aromatic heterocycles. The summed E-state index contributed by atoms with van der Waals surface area (Å²) in [5.41, 5.74) is 2.64. The van der Waals surface area contributed by atoms with Crippen molar-refractivity contribution in [3.05, 3.63) is 69.1 Å². The van der Waals surface area contributed by atoms with E-state index in [1.807, 2.05) is 0 Å². The van der Waals surface area contributed by atoms with Crippen LogP contribution in [0.5, 0.6) is 0 Å². The lowest BCUT2D eigenvalue weighted by atomic mass is 10.1. The Labute approximate surface area is 204 Å². The van der Waals surface area contributed by atoms with Crippen LogP contribution in [0.3, 0.4) is 0 Å². The molecule has 0 radical (unpaired) electrons. The highest BCUT2D eigenvalue weighted by Crippen LogP contribution is 2.35. The first-order valence-electron chi connectivity index (χ1n) is 9.47. The van der Waals surface area contributed by atoms with Crippen LogP contribution in [0.15, 0.2) is 29.3 Å². The Kier molecular flexibility index (Phi) is 8.90. The zero-order valence-corrected chi connectivity index (χ0v) is 19.2. The summed E-state index contributed by atoms with van der Waals surface area (Å²) in [5, 5.41) is 22.5. The molecule has 14 heteroatoms. The average Bonchev–Trinajstić information content (AvgIpc) is 2.80. The van der Waals surface area contributed by atoms with Gasteiger partial charge in [0.15, 0.2) is 29.6 Å². The molecule has 1 aliphatic rings. The van der Waals surface area contributed by atoms with Crippen molar-refractivity contribution in [2.24, 2.45) is 5.73 Å². The second kappa shape index (κ2) is 11.3. The predicted octanol–water partition coefficient (Wildman–Crippen LogP) is 3.75. The molecule has 1 aliphatic heterocycles. The molecular weight excluding hydrogens is 530 g/mol. The van der Waals surface area contributed by atoms with Gasteiger partial charge < -0.3 is 30.7 Å². The minimum absolute atomic E-state index is 0.176. The van der Waals surface area contributed by atoms with Crippen LogP contribution in [-0.2, 0) is 9.47 Å². The molecule has 5 N–H and O–H groups in total. The van der Waals surface area contributed by atoms with E-state index in [-0.39, 0.29) is 11.6 Å². The Morgan fingerprint density at radius 2 is 1.62 bits per heavy atom. The number of rotatable bonds is 7. The quantitative estimate of drug-likeness (QED) is 0.238. The van der Waals surface area contributed by atoms with Crippen LogP contribution < -0.4 is 11.1 Å². The second-order valence-electron chi connectivity index (χ2n) is 6.94. The van der Waals surface area contributed by atoms with Gasteiger partial charge in [0.05, 0.1) is 27.9 Å². The zero-order valence-electron chi connectivity index (χ0n) is 16.9. The second-order valence-corrected chi connectivity index (χ2v) is 8.92. The minimum Gasteiger partial charge on any atom is -0.397 e. The Morgan fingerprint density at radius 3 is 2.21 bits per heavy atom. The number of nitrogens with one attached hydrogen (secondary N) is 1. The van der Waals surface area contributed by atoms with Crippen LogP contribution in [0.25, 0.3) is 5.70 Å². The number of benzene rings is 2. The summed E-state index contributed by atoms with van der Waals surface area (Å²) in [6.07, 6.45) is -2.66. The molecule has 1 saturated heterocycles. The fourth-order valence-electron chi connectivity index (χ4n) is 2.94. The molecule has 4 atom stereocenters. The monoisotopic (exact) mass is 546 g/mol. The topological polar surface area (TPSA) is 97.0 Å². The van der Waals surface area contributed by atoms with E-state index in [1.54, 1.807) is 18.2 Å². The highest BCUT2D eigenvalue weighted by atomic mass is 35.5. The molecule has 1 heterocycles. The van der Waals surface area contributed by atoms with E-state index in [2.05, 4.69) is 5.32 Å². The largest absolute Gasteiger partial charge is 0.397 e. The van der Waals surface area contributed by atoms with Crippen molar-refractivity contribution in [2.75, 3.05) is 13.2 Å². The van der Waals surface area contributed by atoms with Crippen molar-refractivity contribution >= 4 is 40.7 Å². The first-order valence-corrected chi connectivity index (χ1v) is 11.1. The van der Waals surface area contributed by atoms with Gasteiger partial charge in [-0.15, -0.1) is 0 Å². The van der Waals surface area contributed by atoms with Crippen LogP contribution in [0.4, 0.5) is 22.0 Å². The van der Waals surface area contributed by atoms with E-state index >= 15 is 0 Å². The van der Waals surface area contributed by atoms with E-state index in [0.717, 1.165) is 18.0 Å². The lowest BCUT2D eigenvalue weighted by molar-refractivity contribution is -0.270. The zero-order chi connectivity index (χ0) is 25.2. The Balaban J connectivity index is 1.78. The van der Waals surface area contributed by atoms with Gasteiger partial charge in [-0.3, -0.25) is 0 Å². The van der Waals surface area contributed by atoms with Gasteiger partial charge in [0.1, 0.15) is 17.6 Å². The number of thioether (sulfide) groups is 1. The maximum atomic E-state index is 13.9. The fraction of sp³-hybridized carbons (Fsp3) is 0.300. The van der Waals surface area contributed by atoms with Gasteiger partial charge in [-0.1, -0.05) is 35.0 Å². The minimum atomic E-state index is -2.30. The maximum absolute atomic E-state index is 13.9. The number of halogens is 7. The summed E-state index contributed by atoms with van der Waals surface area (Å²) in [6, 6.07) is 4.75. The van der Waals surface area contributed by atoms with E-state index in [1.165, 1.54) is 0 Å². The molecule has 4 unspecified atom stereocenters. The van der Waals surface area contributed by atoms with Crippen LogP contribution in [-0.4, -0.2) is 47.3 Å². The van der Waals surface area contributed by atoms with Gasteiger partial charge in [0.25, 0.3) is 0 Å². The molecule has 0 saturated carbocycles. The number of aliphatic hydroxyl groups is 2. The average molecular weight is 547 g/mol. The number of aliphatic hydroxyl groups excluding tert-OH is 2. The van der Waals surface area contributed by atoms with Crippen molar-refractivity contribution in [3.8, 4) is 0 Å². The number of hydrogen-bond acceptors (Lipinski definition) is 7. The van der Waals surface area contributed by atoms with Gasteiger partial charge in [-0.25, -0.2) is 22.0 Å². The highest BCUT2D eigenvalue weighted by molar-refractivity contribution is 7.99. The van der Waals surface area contributed by atoms with Crippen molar-refractivity contribution in [3.63, 3.8) is 0 Å². The fourth-order valence-corrected chi connectivity index (χ4v) is 4.41. The van der Waals surface area contributed by atoms with Crippen LogP contribution >= 0.6 is 35.0 Å². The lowest BCUT2D eigenvalue weighted by Crippen LogP contribution is -2.52. The molecule has 186 valence electrons. The SMILES string of the molecule is N/C(=C\NCC1OC(O)C(CO)OC1Sc1ccc(Cl)c(Cl)c1)c1c(F)c(F)c(F)c(F)c1F. The molecule has 2 aromatic rings. The van der Waals surface area contributed by atoms with Crippen LogP contribution in [0, 0.1) is 29.1 Å². The molecule has 34 heavy (non-hydrogen) atoms. The normalized spacial score (nSPS) is 23.3. The predicted molar refractivity (Wildman–Crippen MR) is 115 cm³/mol. The van der Waals surface area contributed by atoms with E-state index in [4.69, 9.17) is 38.4 Å². The molecule has 2 aromatic carbocycles. The van der Waals surface area contributed by atoms with E-state index in [0.29, 0.717) is 9.92 Å². The van der Waals surface area contributed by atoms with Crippen molar-refractivity contribution in [1.29, 1.82) is 0 Å². The maximum Gasteiger partial charge on any atom is 0.200 e. The van der Waals surface area contributed by atoms with Crippen molar-refractivity contribution in [1.82, 2.24) is 5.32 Å². The van der Waals surface area contributed by atoms with Crippen LogP contribution in [0.1, 0.15) is 5.56 Å². The van der Waals surface area contributed by atoms with E-state index in [9.17, 15) is 32.2 Å². The summed E-state index contributed by atoms with van der Waals surface area (Å²) in [6.45, 7) is -0.725. The number of ether oxygens (including phenoxy) is 2. The summed E-state index contributed by atoms with van der Waals surface area (Å²) in [5.74, 6) is -10.7. The third-order valence-electron chi connectivity index (χ3n) is 4.64. The lowest BCUT2D eigenvalue weighted by Gasteiger charge is -2.38. The Hall–Kier alpha value is -1.80. The van der Waals surface area contributed by atoms with Gasteiger partial charge in [-0.2, -0.15) is 0 Å². The van der Waals surface area contributed by atoms with Gasteiger partial charge in [0, 0.05) is 17.6 Å². The smallest absolute Gasteiger partial charge is 0.200 e. The Morgan fingerprint density at radius 1 is 1.00 bits per heavy atom. The third-order valence-corrected chi connectivity index (χ3v) is 6.56. The molecule has 0 aliphatic carbocycles. The summed E-state index contributed by atoms with van der Waals surface area (Å²) >= 11 is 13.0. The molecule has 0 spiro atoms. The Bertz CT molecular complexity index is 1070. The summed E-state index contributed by atoms with van der Waals surface area (Å²) < 4.78 is 79.1. The molecule has 0 bridgehead atoms. The van der Waals surface area contributed by atoms with Crippen molar-refractivity contribution in [2.45, 2.75) is 28.8 Å². The van der Waals surface area contributed by atoms with Crippen LogP contribution in [0.2, 0.25) is 10.0 Å². The first kappa shape index (κ1) is 26.8. The molecule has 1 fully saturated rings. The standard InChI is InChI=1S/C20H17Cl2F5N2O4S/c21-8-2-1-7(3-9(8)22)34-20-11(32-19(31)12(6-30)33-20)5-29-4-10(28)13-14(23)16(25)18(27)17(26)15(13)24/h1-4,11-12,19-20,29-31H,5-6,28H2/b10-4-. The molecule has 3 rings (SSSR count). The number of hydrogen-bond donors (Lipinski definition) is 4. The van der Waals surface area contributed by atoms with Gasteiger partial charge >= 0.3 is 0 Å². The van der Waals surface area contributed by atoms with Crippen molar-refractivity contribution < 1.29 is 41.6 Å². The molecule has 0 amide bonds. The third kappa shape index (κ3) is 5.70. The summed E-state index contributed by atoms with van der Waals surface area (Å²) in [7, 11) is 0. The first-order chi connectivity index (χ1) is 16.0. The highest BCUT2D eigenvalue weighted by Gasteiger charge is 2.38. The van der Waals surface area contributed by atoms with E-state index < -0.39 is 70.9 Å². The molecule has 6 nitrogen and oxygen atoms in total. The van der Waals surface area contributed by atoms with Gasteiger partial charge in [0.2, 0.25) is 5.82 Å². The number of nitrogens with two attached hydrogens (primary N) is 1. The molecular formula is C20H17Cl2F5N2O4S. The van der Waals surface area contributed by atoms with Gasteiger partial charge in [-0.05, 0) is 18.2 Å².